The van der Waals surface area contributed by atoms with Crippen molar-refractivity contribution in [2.45, 2.75) is 20.1 Å². The molecule has 12 heteroatoms. The third kappa shape index (κ3) is 5.13. The Hall–Kier alpha value is -3.70. The average molecular weight is 459 g/mol. The maximum atomic E-state index is 13.8. The Morgan fingerprint density at radius 1 is 1.06 bits per heavy atom. The van der Waals surface area contributed by atoms with Gasteiger partial charge in [-0.1, -0.05) is 0 Å². The maximum absolute atomic E-state index is 13.8. The van der Waals surface area contributed by atoms with E-state index in [4.69, 9.17) is 4.74 Å². The molecule has 2 aromatic carbocycles. The Bertz CT molecular complexity index is 1110. The van der Waals surface area contributed by atoms with E-state index in [9.17, 15) is 31.1 Å². The molecule has 0 spiro atoms. The van der Waals surface area contributed by atoms with E-state index in [1.165, 1.54) is 24.4 Å². The molecule has 0 aliphatic heterocycles. The first kappa shape index (κ1) is 23.0. The molecule has 1 aromatic heterocycles. The van der Waals surface area contributed by atoms with Crippen LogP contribution in [-0.2, 0) is 6.54 Å². The fourth-order valence-electron chi connectivity index (χ4n) is 2.74. The molecule has 0 aliphatic carbocycles. The molecule has 1 N–H and O–H groups in total. The minimum atomic E-state index is -3.08. The summed E-state index contributed by atoms with van der Waals surface area (Å²) in [5.74, 6) is -7.29. The molecule has 0 unspecified atom stereocenters. The van der Waals surface area contributed by atoms with E-state index in [-0.39, 0.29) is 35.6 Å². The second-order valence-corrected chi connectivity index (χ2v) is 6.27. The lowest BCUT2D eigenvalue weighted by Crippen LogP contribution is -2.14. The first-order valence-electron chi connectivity index (χ1n) is 9.08. The van der Waals surface area contributed by atoms with Gasteiger partial charge in [-0.15, -0.1) is 0 Å². The van der Waals surface area contributed by atoms with E-state index in [2.05, 4.69) is 15.2 Å². The first-order valence-corrected chi connectivity index (χ1v) is 9.08. The van der Waals surface area contributed by atoms with Crippen LogP contribution in [0.25, 0.3) is 0 Å². The van der Waals surface area contributed by atoms with E-state index < -0.39 is 47.9 Å². The van der Waals surface area contributed by atoms with Gasteiger partial charge in [0.05, 0.1) is 18.7 Å². The van der Waals surface area contributed by atoms with Gasteiger partial charge in [-0.2, -0.15) is 13.9 Å². The van der Waals surface area contributed by atoms with Gasteiger partial charge >= 0.3 is 6.61 Å². The molecule has 0 saturated heterocycles. The number of amides is 1. The van der Waals surface area contributed by atoms with Gasteiger partial charge in [0.1, 0.15) is 0 Å². The van der Waals surface area contributed by atoms with Crippen LogP contribution in [0.15, 0.2) is 36.5 Å². The van der Waals surface area contributed by atoms with Crippen LogP contribution in [-0.4, -0.2) is 28.9 Å². The van der Waals surface area contributed by atoms with E-state index in [0.717, 1.165) is 10.7 Å². The number of halogens is 6. The monoisotopic (exact) mass is 459 g/mol. The summed E-state index contributed by atoms with van der Waals surface area (Å²) in [7, 11) is 0. The predicted molar refractivity (Wildman–Crippen MR) is 99.8 cm³/mol. The van der Waals surface area contributed by atoms with Crippen LogP contribution in [0.1, 0.15) is 22.8 Å². The lowest BCUT2D eigenvalue weighted by molar-refractivity contribution is -0.0514. The van der Waals surface area contributed by atoms with Crippen molar-refractivity contribution in [2.24, 2.45) is 0 Å². The number of hydrogen-bond acceptors (Lipinski definition) is 4. The highest BCUT2D eigenvalue weighted by Crippen LogP contribution is 2.30. The SMILES string of the molecule is CCOc1cc(C(=O)Nc2ccn(Cc3c(F)c(F)cc(F)c3F)n2)ccc1OC(F)F. The van der Waals surface area contributed by atoms with Gasteiger partial charge in [-0.3, -0.25) is 9.48 Å². The predicted octanol–water partition coefficient (Wildman–Crippen LogP) is 4.74. The minimum Gasteiger partial charge on any atom is -0.490 e. The topological polar surface area (TPSA) is 65.4 Å². The number of carbonyl (C=O) groups excluding carboxylic acids is 1. The first-order chi connectivity index (χ1) is 15.2. The Kier molecular flexibility index (Phi) is 6.91. The van der Waals surface area contributed by atoms with Crippen molar-refractivity contribution in [2.75, 3.05) is 11.9 Å². The molecule has 6 nitrogen and oxygen atoms in total. The van der Waals surface area contributed by atoms with Crippen molar-refractivity contribution in [3.05, 3.63) is 70.9 Å². The fourth-order valence-corrected chi connectivity index (χ4v) is 2.74. The van der Waals surface area contributed by atoms with Crippen molar-refractivity contribution in [1.82, 2.24) is 9.78 Å². The van der Waals surface area contributed by atoms with Crippen molar-refractivity contribution in [3.8, 4) is 11.5 Å². The standard InChI is InChI=1S/C20H15F6N3O3/c1-2-31-15-7-10(3-4-14(15)32-20(25)26)19(30)27-16-5-6-29(28-16)9-11-17(23)12(21)8-13(22)18(11)24/h3-8,20H,2,9H2,1H3,(H,27,28,30). The number of anilines is 1. The van der Waals surface area contributed by atoms with Crippen molar-refractivity contribution < 1.29 is 40.6 Å². The van der Waals surface area contributed by atoms with Crippen molar-refractivity contribution >= 4 is 11.7 Å². The summed E-state index contributed by atoms with van der Waals surface area (Å²) in [5, 5.41) is 6.27. The molecule has 0 fully saturated rings. The van der Waals surface area contributed by atoms with Gasteiger partial charge in [0.2, 0.25) is 0 Å². The summed E-state index contributed by atoms with van der Waals surface area (Å²) in [5.41, 5.74) is -0.853. The molecular weight excluding hydrogens is 444 g/mol. The van der Waals surface area contributed by atoms with Gasteiger partial charge < -0.3 is 14.8 Å². The number of carbonyl (C=O) groups is 1. The fraction of sp³-hybridized carbons (Fsp3) is 0.200. The number of benzene rings is 2. The second kappa shape index (κ2) is 9.62. The Balaban J connectivity index is 1.76. The number of ether oxygens (including phenoxy) is 2. The largest absolute Gasteiger partial charge is 0.490 e. The summed E-state index contributed by atoms with van der Waals surface area (Å²) < 4.78 is 89.8. The van der Waals surface area contributed by atoms with Gasteiger partial charge in [0, 0.05) is 23.9 Å². The van der Waals surface area contributed by atoms with Crippen molar-refractivity contribution in [1.29, 1.82) is 0 Å². The quantitative estimate of drug-likeness (QED) is 0.391. The zero-order chi connectivity index (χ0) is 23.4. The molecule has 1 amide bonds. The normalized spacial score (nSPS) is 11.0. The third-order valence-corrected chi connectivity index (χ3v) is 4.13. The van der Waals surface area contributed by atoms with Crippen LogP contribution in [0.4, 0.5) is 32.2 Å². The smallest absolute Gasteiger partial charge is 0.387 e. The number of aromatic nitrogens is 2. The number of alkyl halides is 2. The lowest BCUT2D eigenvalue weighted by Gasteiger charge is -2.12. The molecule has 3 rings (SSSR count). The molecule has 0 saturated carbocycles. The molecule has 3 aromatic rings. The van der Waals surface area contributed by atoms with Gasteiger partial charge in [-0.25, -0.2) is 17.6 Å². The summed E-state index contributed by atoms with van der Waals surface area (Å²) in [4.78, 5) is 12.4. The van der Waals surface area contributed by atoms with E-state index in [1.54, 1.807) is 6.92 Å². The zero-order valence-electron chi connectivity index (χ0n) is 16.3. The van der Waals surface area contributed by atoms with Gasteiger partial charge in [0.15, 0.2) is 40.6 Å². The maximum Gasteiger partial charge on any atom is 0.387 e. The van der Waals surface area contributed by atoms with Crippen LogP contribution in [0.5, 0.6) is 11.5 Å². The van der Waals surface area contributed by atoms with Crippen LogP contribution >= 0.6 is 0 Å². The number of hydrogen-bond donors (Lipinski definition) is 1. The minimum absolute atomic E-state index is 0.0221. The van der Waals surface area contributed by atoms with E-state index in [1.807, 2.05) is 0 Å². The van der Waals surface area contributed by atoms with Gasteiger partial charge in [0.25, 0.3) is 5.91 Å². The molecular formula is C20H15F6N3O3. The Labute approximate surface area is 177 Å². The zero-order valence-corrected chi connectivity index (χ0v) is 16.3. The molecule has 0 radical (unpaired) electrons. The van der Waals surface area contributed by atoms with Gasteiger partial charge in [-0.05, 0) is 25.1 Å². The van der Waals surface area contributed by atoms with Crippen molar-refractivity contribution in [3.63, 3.8) is 0 Å². The Morgan fingerprint density at radius 2 is 1.75 bits per heavy atom. The summed E-state index contributed by atoms with van der Waals surface area (Å²) in [6.45, 7) is -1.99. The summed E-state index contributed by atoms with van der Waals surface area (Å²) in [6.07, 6.45) is 1.22. The lowest BCUT2D eigenvalue weighted by atomic mass is 10.2. The van der Waals surface area contributed by atoms with E-state index in [0.29, 0.717) is 0 Å². The number of nitrogens with one attached hydrogen (secondary N) is 1. The van der Waals surface area contributed by atoms with E-state index >= 15 is 0 Å². The molecule has 0 atom stereocenters. The number of rotatable bonds is 8. The number of nitrogens with zero attached hydrogens (tertiary/aromatic N) is 2. The average Bonchev–Trinajstić information content (AvgIpc) is 3.17. The molecule has 170 valence electrons. The molecule has 0 bridgehead atoms. The molecule has 32 heavy (non-hydrogen) atoms. The van der Waals surface area contributed by atoms with Crippen LogP contribution in [0.3, 0.4) is 0 Å². The third-order valence-electron chi connectivity index (χ3n) is 4.13. The summed E-state index contributed by atoms with van der Waals surface area (Å²) in [6, 6.07) is 4.91. The Morgan fingerprint density at radius 3 is 2.38 bits per heavy atom. The highest BCUT2D eigenvalue weighted by molar-refractivity contribution is 6.04. The molecule has 0 aliphatic rings. The van der Waals surface area contributed by atoms with Crippen LogP contribution in [0, 0.1) is 23.3 Å². The van der Waals surface area contributed by atoms with Crippen LogP contribution in [0.2, 0.25) is 0 Å². The summed E-state index contributed by atoms with van der Waals surface area (Å²) >= 11 is 0. The highest BCUT2D eigenvalue weighted by atomic mass is 19.3. The molecule has 1 heterocycles. The second-order valence-electron chi connectivity index (χ2n) is 6.27. The van der Waals surface area contributed by atoms with Crippen LogP contribution < -0.4 is 14.8 Å². The highest BCUT2D eigenvalue weighted by Gasteiger charge is 2.20.